The Kier molecular flexibility index (Phi) is 7.21. The smallest absolute Gasteiger partial charge is 0.379 e. The molecule has 11 heteroatoms. The highest BCUT2D eigenvalue weighted by Crippen LogP contribution is 2.31. The van der Waals surface area contributed by atoms with E-state index in [9.17, 15) is 30.8 Å². The summed E-state index contributed by atoms with van der Waals surface area (Å²) in [6.07, 6.45) is -4.50. The van der Waals surface area contributed by atoms with Crippen molar-refractivity contribution in [1.29, 1.82) is 0 Å². The molecule has 2 aromatic carbocycles. The highest BCUT2D eigenvalue weighted by atomic mass is 32.2. The fraction of sp³-hybridized carbons (Fsp3) is 0.381. The molecule has 1 aliphatic rings. The fourth-order valence-corrected chi connectivity index (χ4v) is 4.81. The quantitative estimate of drug-likeness (QED) is 0.643. The molecule has 0 saturated carbocycles. The molecule has 1 unspecified atom stereocenters. The van der Waals surface area contributed by atoms with Crippen molar-refractivity contribution in [2.75, 3.05) is 31.6 Å². The van der Waals surface area contributed by atoms with Crippen molar-refractivity contribution in [2.24, 2.45) is 0 Å². The van der Waals surface area contributed by atoms with Crippen LogP contribution in [0, 0.1) is 5.82 Å². The van der Waals surface area contributed by atoms with E-state index in [4.69, 9.17) is 4.74 Å². The lowest BCUT2D eigenvalue weighted by Crippen LogP contribution is -2.40. The lowest BCUT2D eigenvalue weighted by molar-refractivity contribution is -0.137. The van der Waals surface area contributed by atoms with Crippen molar-refractivity contribution in [3.05, 3.63) is 59.4 Å². The van der Waals surface area contributed by atoms with Crippen LogP contribution >= 0.6 is 0 Å². The summed E-state index contributed by atoms with van der Waals surface area (Å²) < 4.78 is 84.1. The van der Waals surface area contributed by atoms with Crippen LogP contribution in [0.3, 0.4) is 0 Å². The monoisotopic (exact) mass is 474 g/mol. The van der Waals surface area contributed by atoms with Crippen molar-refractivity contribution in [2.45, 2.75) is 30.3 Å². The predicted octanol–water partition coefficient (Wildman–Crippen LogP) is 4.00. The summed E-state index contributed by atoms with van der Waals surface area (Å²) in [5.41, 5.74) is -0.135. The molecule has 1 fully saturated rings. The number of nitrogens with one attached hydrogen (secondary N) is 1. The first-order chi connectivity index (χ1) is 15.0. The molecule has 1 N–H and O–H groups in total. The summed E-state index contributed by atoms with van der Waals surface area (Å²) >= 11 is 0. The van der Waals surface area contributed by atoms with Crippen LogP contribution < -0.4 is 5.32 Å². The van der Waals surface area contributed by atoms with Gasteiger partial charge in [0.2, 0.25) is 15.9 Å². The number of rotatable bonds is 6. The highest BCUT2D eigenvalue weighted by Gasteiger charge is 2.31. The zero-order valence-electron chi connectivity index (χ0n) is 17.2. The summed E-state index contributed by atoms with van der Waals surface area (Å²) in [6, 6.07) is 7.79. The second kappa shape index (κ2) is 9.55. The van der Waals surface area contributed by atoms with E-state index < -0.39 is 44.3 Å². The summed E-state index contributed by atoms with van der Waals surface area (Å²) in [4.78, 5) is 11.9. The van der Waals surface area contributed by atoms with Crippen LogP contribution in [0.1, 0.15) is 30.4 Å². The number of morpholine rings is 1. The fourth-order valence-electron chi connectivity index (χ4n) is 3.31. The Labute approximate surface area is 183 Å². The molecule has 1 aliphatic heterocycles. The van der Waals surface area contributed by atoms with Crippen LogP contribution in [-0.2, 0) is 25.7 Å². The van der Waals surface area contributed by atoms with Crippen LogP contribution in [0.5, 0.6) is 0 Å². The largest absolute Gasteiger partial charge is 0.416 e. The number of carbonyl (C=O) groups is 1. The van der Waals surface area contributed by atoms with Crippen molar-refractivity contribution < 1.29 is 35.5 Å². The number of amides is 1. The average molecular weight is 474 g/mol. The standard InChI is InChI=1S/C21H22F4N2O4S/c1-14(15-2-4-16(5-3-15)21(23,24)25)12-20(28)26-17-6-7-18(22)19(13-17)32(29,30)27-8-10-31-11-9-27/h2-7,13-14H,8-12H2,1H3,(H,26,28). The van der Waals surface area contributed by atoms with Crippen molar-refractivity contribution in [3.8, 4) is 0 Å². The summed E-state index contributed by atoms with van der Waals surface area (Å²) in [6.45, 7) is 2.30. The summed E-state index contributed by atoms with van der Waals surface area (Å²) in [7, 11) is -4.10. The molecule has 3 rings (SSSR count). The number of anilines is 1. The van der Waals surface area contributed by atoms with E-state index in [-0.39, 0.29) is 38.4 Å². The van der Waals surface area contributed by atoms with Crippen molar-refractivity contribution >= 4 is 21.6 Å². The zero-order valence-corrected chi connectivity index (χ0v) is 18.0. The Hall–Kier alpha value is -2.50. The molecule has 0 aromatic heterocycles. The van der Waals surface area contributed by atoms with E-state index in [2.05, 4.69) is 5.32 Å². The third-order valence-corrected chi connectivity index (χ3v) is 7.02. The van der Waals surface area contributed by atoms with Gasteiger partial charge in [0.15, 0.2) is 0 Å². The minimum absolute atomic E-state index is 0.0612. The van der Waals surface area contributed by atoms with Gasteiger partial charge in [-0.05, 0) is 41.8 Å². The first kappa shape index (κ1) is 24.1. The van der Waals surface area contributed by atoms with Gasteiger partial charge in [0, 0.05) is 25.2 Å². The molecular formula is C21H22F4N2O4S. The topological polar surface area (TPSA) is 75.7 Å². The number of carbonyl (C=O) groups excluding carboxylic acids is 1. The van der Waals surface area contributed by atoms with E-state index in [1.807, 2.05) is 0 Å². The third kappa shape index (κ3) is 5.64. The Balaban J connectivity index is 1.69. The molecule has 1 atom stereocenters. The minimum atomic E-state index is -4.44. The van der Waals surface area contributed by atoms with Crippen LogP contribution in [0.2, 0.25) is 0 Å². The van der Waals surface area contributed by atoms with Crippen molar-refractivity contribution in [1.82, 2.24) is 4.31 Å². The van der Waals surface area contributed by atoms with Gasteiger partial charge in [-0.25, -0.2) is 12.8 Å². The first-order valence-corrected chi connectivity index (χ1v) is 11.3. The number of alkyl halides is 3. The Morgan fingerprint density at radius 1 is 1.12 bits per heavy atom. The van der Waals surface area contributed by atoms with Gasteiger partial charge in [-0.3, -0.25) is 4.79 Å². The Morgan fingerprint density at radius 2 is 1.75 bits per heavy atom. The number of hydrogen-bond donors (Lipinski definition) is 1. The molecule has 32 heavy (non-hydrogen) atoms. The molecule has 174 valence electrons. The van der Waals surface area contributed by atoms with Gasteiger partial charge >= 0.3 is 6.18 Å². The zero-order chi connectivity index (χ0) is 23.5. The van der Waals surface area contributed by atoms with Gasteiger partial charge in [0.25, 0.3) is 0 Å². The van der Waals surface area contributed by atoms with Crippen LogP contribution in [0.15, 0.2) is 47.4 Å². The van der Waals surface area contributed by atoms with E-state index in [1.54, 1.807) is 6.92 Å². The SMILES string of the molecule is CC(CC(=O)Nc1ccc(F)c(S(=O)(=O)N2CCOCC2)c1)c1ccc(C(F)(F)F)cc1. The van der Waals surface area contributed by atoms with Gasteiger partial charge in [-0.2, -0.15) is 17.5 Å². The Bertz CT molecular complexity index is 1070. The lowest BCUT2D eigenvalue weighted by atomic mass is 9.96. The summed E-state index contributed by atoms with van der Waals surface area (Å²) in [5.74, 6) is -1.82. The third-order valence-electron chi connectivity index (χ3n) is 5.10. The average Bonchev–Trinajstić information content (AvgIpc) is 2.75. The van der Waals surface area contributed by atoms with Gasteiger partial charge in [-0.15, -0.1) is 0 Å². The van der Waals surface area contributed by atoms with Gasteiger partial charge < -0.3 is 10.1 Å². The number of sulfonamides is 1. The molecular weight excluding hydrogens is 452 g/mol. The van der Waals surface area contributed by atoms with E-state index in [0.29, 0.717) is 5.56 Å². The molecule has 6 nitrogen and oxygen atoms in total. The normalized spacial score (nSPS) is 16.5. The van der Waals surface area contributed by atoms with Gasteiger partial charge in [0.1, 0.15) is 10.7 Å². The highest BCUT2D eigenvalue weighted by molar-refractivity contribution is 7.89. The molecule has 1 saturated heterocycles. The maximum Gasteiger partial charge on any atom is 0.416 e. The molecule has 1 heterocycles. The number of ether oxygens (including phenoxy) is 1. The molecule has 0 aliphatic carbocycles. The van der Waals surface area contributed by atoms with E-state index in [0.717, 1.165) is 28.6 Å². The second-order valence-electron chi connectivity index (χ2n) is 7.43. The van der Waals surface area contributed by atoms with Gasteiger partial charge in [-0.1, -0.05) is 19.1 Å². The van der Waals surface area contributed by atoms with E-state index in [1.165, 1.54) is 18.2 Å². The molecule has 1 amide bonds. The number of hydrogen-bond acceptors (Lipinski definition) is 4. The maximum absolute atomic E-state index is 14.3. The number of nitrogens with zero attached hydrogens (tertiary/aromatic N) is 1. The lowest BCUT2D eigenvalue weighted by Gasteiger charge is -2.26. The minimum Gasteiger partial charge on any atom is -0.379 e. The second-order valence-corrected chi connectivity index (χ2v) is 9.34. The number of halogens is 4. The molecule has 2 aromatic rings. The molecule has 0 bridgehead atoms. The van der Waals surface area contributed by atoms with Gasteiger partial charge in [0.05, 0.1) is 18.8 Å². The first-order valence-electron chi connectivity index (χ1n) is 9.83. The van der Waals surface area contributed by atoms with Crippen LogP contribution in [0.25, 0.3) is 0 Å². The number of benzene rings is 2. The molecule has 0 radical (unpaired) electrons. The maximum atomic E-state index is 14.3. The van der Waals surface area contributed by atoms with E-state index >= 15 is 0 Å². The Morgan fingerprint density at radius 3 is 2.34 bits per heavy atom. The van der Waals surface area contributed by atoms with Crippen LogP contribution in [-0.4, -0.2) is 44.9 Å². The van der Waals surface area contributed by atoms with Crippen molar-refractivity contribution in [3.63, 3.8) is 0 Å². The molecule has 0 spiro atoms. The van der Waals surface area contributed by atoms with Crippen LogP contribution in [0.4, 0.5) is 23.2 Å². The predicted molar refractivity (Wildman–Crippen MR) is 109 cm³/mol. The summed E-state index contributed by atoms with van der Waals surface area (Å²) in [5, 5.41) is 2.53.